The van der Waals surface area contributed by atoms with Crippen molar-refractivity contribution in [2.45, 2.75) is 6.92 Å². The maximum atomic E-state index is 9.46. The zero-order valence-corrected chi connectivity index (χ0v) is 10.0. The van der Waals surface area contributed by atoms with Crippen molar-refractivity contribution in [3.63, 3.8) is 0 Å². The van der Waals surface area contributed by atoms with Crippen molar-refractivity contribution in [3.8, 4) is 0 Å². The summed E-state index contributed by atoms with van der Waals surface area (Å²) in [6, 6.07) is 0. The van der Waals surface area contributed by atoms with Crippen LogP contribution in [0.15, 0.2) is 46.1 Å². The Hall–Kier alpha value is -0.980. The predicted octanol–water partition coefficient (Wildman–Crippen LogP) is 3.09. The number of hydroxylamine groups is 2. The molecule has 0 aromatic carbocycles. The van der Waals surface area contributed by atoms with Gasteiger partial charge in [-0.2, -0.15) is 5.11 Å². The zero-order valence-electron chi connectivity index (χ0n) is 8.41. The van der Waals surface area contributed by atoms with Gasteiger partial charge in [-0.15, -0.1) is 5.11 Å². The lowest BCUT2D eigenvalue weighted by molar-refractivity contribution is -0.00148. The van der Waals surface area contributed by atoms with E-state index in [4.69, 9.17) is 12.2 Å². The van der Waals surface area contributed by atoms with Crippen LogP contribution in [0.25, 0.3) is 0 Å². The first-order valence-corrected chi connectivity index (χ1v) is 5.82. The molecule has 0 spiro atoms. The number of rotatable bonds is 1. The fourth-order valence-corrected chi connectivity index (χ4v) is 1.09. The van der Waals surface area contributed by atoms with Crippen molar-refractivity contribution in [1.82, 2.24) is 5.06 Å². The van der Waals surface area contributed by atoms with E-state index in [9.17, 15) is 5.21 Å². The monoisotopic (exact) mass is 241 g/mol. The van der Waals surface area contributed by atoms with Crippen LogP contribution in [0.5, 0.6) is 0 Å². The van der Waals surface area contributed by atoms with Gasteiger partial charge in [-0.05, 0) is 37.5 Å². The lowest BCUT2D eigenvalue weighted by atomic mass is 10.2. The third-order valence-corrected chi connectivity index (χ3v) is 2.68. The molecular formula is C9H11N3OS2. The van der Waals surface area contributed by atoms with Gasteiger partial charge in [0.1, 0.15) is 0 Å². The molecule has 1 aliphatic rings. The van der Waals surface area contributed by atoms with E-state index in [2.05, 4.69) is 10.2 Å². The minimum Gasteiger partial charge on any atom is -0.284 e. The van der Waals surface area contributed by atoms with Gasteiger partial charge in [0.15, 0.2) is 4.32 Å². The summed E-state index contributed by atoms with van der Waals surface area (Å²) in [5, 5.41) is 18.2. The van der Waals surface area contributed by atoms with Crippen molar-refractivity contribution < 1.29 is 5.21 Å². The number of thioether (sulfide) groups is 1. The topological polar surface area (TPSA) is 48.2 Å². The van der Waals surface area contributed by atoms with Crippen LogP contribution in [0, 0.1) is 0 Å². The van der Waals surface area contributed by atoms with Gasteiger partial charge in [0.25, 0.3) is 0 Å². The Morgan fingerprint density at radius 3 is 2.80 bits per heavy atom. The van der Waals surface area contributed by atoms with Gasteiger partial charge in [0, 0.05) is 6.20 Å². The summed E-state index contributed by atoms with van der Waals surface area (Å²) in [6.45, 7) is 1.76. The molecule has 0 aliphatic carbocycles. The van der Waals surface area contributed by atoms with E-state index >= 15 is 0 Å². The average molecular weight is 241 g/mol. The Labute approximate surface area is 98.0 Å². The van der Waals surface area contributed by atoms with Crippen LogP contribution in [-0.4, -0.2) is 20.8 Å². The molecule has 0 aromatic heterocycles. The number of thiocarbonyl (C=S) groups is 1. The first-order chi connectivity index (χ1) is 7.15. The van der Waals surface area contributed by atoms with E-state index in [-0.39, 0.29) is 0 Å². The Morgan fingerprint density at radius 2 is 2.20 bits per heavy atom. The first kappa shape index (κ1) is 12.1. The Kier molecular flexibility index (Phi) is 4.67. The van der Waals surface area contributed by atoms with Gasteiger partial charge < -0.3 is 0 Å². The molecule has 4 nitrogen and oxygen atoms in total. The number of azo groups is 1. The number of hydrogen-bond donors (Lipinski definition) is 1. The van der Waals surface area contributed by atoms with Gasteiger partial charge in [-0.25, -0.2) is 5.06 Å². The SMILES string of the molecule is CSC(=S)N=N/C(C)=C1\C=CC=CN1O. The third kappa shape index (κ3) is 3.58. The van der Waals surface area contributed by atoms with Crippen molar-refractivity contribution >= 4 is 28.3 Å². The molecule has 0 unspecified atom stereocenters. The molecule has 1 aliphatic heterocycles. The molecule has 1 N–H and O–H groups in total. The summed E-state index contributed by atoms with van der Waals surface area (Å²) in [7, 11) is 0. The quantitative estimate of drug-likeness (QED) is 0.566. The van der Waals surface area contributed by atoms with Crippen LogP contribution in [-0.2, 0) is 0 Å². The minimum absolute atomic E-state index is 0.467. The normalized spacial score (nSPS) is 18.7. The van der Waals surface area contributed by atoms with E-state index in [0.29, 0.717) is 15.7 Å². The van der Waals surface area contributed by atoms with Gasteiger partial charge in [0.05, 0.1) is 11.4 Å². The van der Waals surface area contributed by atoms with Crippen molar-refractivity contribution in [3.05, 3.63) is 35.8 Å². The Balaban J connectivity index is 2.82. The highest BCUT2D eigenvalue weighted by atomic mass is 32.2. The molecule has 0 radical (unpaired) electrons. The molecule has 0 fully saturated rings. The minimum atomic E-state index is 0.467. The lowest BCUT2D eigenvalue weighted by Gasteiger charge is -2.16. The van der Waals surface area contributed by atoms with E-state index in [1.807, 2.05) is 12.3 Å². The average Bonchev–Trinajstić information content (AvgIpc) is 2.26. The van der Waals surface area contributed by atoms with E-state index in [0.717, 1.165) is 5.06 Å². The molecule has 80 valence electrons. The molecule has 15 heavy (non-hydrogen) atoms. The second-order valence-electron chi connectivity index (χ2n) is 2.69. The van der Waals surface area contributed by atoms with E-state index in [1.54, 1.807) is 19.1 Å². The summed E-state index contributed by atoms with van der Waals surface area (Å²) < 4.78 is 0.467. The van der Waals surface area contributed by atoms with E-state index in [1.165, 1.54) is 18.0 Å². The highest BCUT2D eigenvalue weighted by molar-refractivity contribution is 8.22. The predicted molar refractivity (Wildman–Crippen MR) is 65.6 cm³/mol. The highest BCUT2D eigenvalue weighted by Crippen LogP contribution is 2.16. The van der Waals surface area contributed by atoms with Gasteiger partial charge >= 0.3 is 0 Å². The van der Waals surface area contributed by atoms with Crippen LogP contribution in [0.3, 0.4) is 0 Å². The maximum absolute atomic E-state index is 9.46. The number of allylic oxidation sites excluding steroid dienone is 4. The molecule has 0 saturated carbocycles. The summed E-state index contributed by atoms with van der Waals surface area (Å²) in [5.74, 6) is 0. The molecule has 0 bridgehead atoms. The maximum Gasteiger partial charge on any atom is 0.182 e. The van der Waals surface area contributed by atoms with E-state index < -0.39 is 0 Å². The smallest absolute Gasteiger partial charge is 0.182 e. The Morgan fingerprint density at radius 1 is 1.47 bits per heavy atom. The molecule has 1 heterocycles. The van der Waals surface area contributed by atoms with Crippen LogP contribution in [0.4, 0.5) is 0 Å². The fourth-order valence-electron chi connectivity index (χ4n) is 0.929. The number of hydrogen-bond acceptors (Lipinski definition) is 5. The molecule has 0 atom stereocenters. The van der Waals surface area contributed by atoms with Crippen LogP contribution < -0.4 is 0 Å². The zero-order chi connectivity index (χ0) is 11.3. The largest absolute Gasteiger partial charge is 0.284 e. The summed E-state index contributed by atoms with van der Waals surface area (Å²) in [4.78, 5) is 0. The molecule has 6 heteroatoms. The Bertz CT molecular complexity index is 372. The van der Waals surface area contributed by atoms with Crippen LogP contribution in [0.2, 0.25) is 0 Å². The van der Waals surface area contributed by atoms with Gasteiger partial charge in [-0.3, -0.25) is 5.21 Å². The number of nitrogens with zero attached hydrogens (tertiary/aromatic N) is 3. The summed E-state index contributed by atoms with van der Waals surface area (Å²) >= 11 is 6.23. The second kappa shape index (κ2) is 5.79. The van der Waals surface area contributed by atoms with Gasteiger partial charge in [0.2, 0.25) is 0 Å². The molecule has 0 saturated heterocycles. The van der Waals surface area contributed by atoms with Crippen molar-refractivity contribution in [1.29, 1.82) is 0 Å². The molecule has 0 aromatic rings. The van der Waals surface area contributed by atoms with Gasteiger partial charge in [-0.1, -0.05) is 17.8 Å². The second-order valence-corrected chi connectivity index (χ2v) is 4.13. The highest BCUT2D eigenvalue weighted by Gasteiger charge is 2.06. The lowest BCUT2D eigenvalue weighted by Crippen LogP contribution is -2.12. The summed E-state index contributed by atoms with van der Waals surface area (Å²) in [6.07, 6.45) is 8.65. The van der Waals surface area contributed by atoms with Crippen LogP contribution >= 0.6 is 24.0 Å². The fraction of sp³-hybridized carbons (Fsp3) is 0.222. The molecule has 0 amide bonds. The van der Waals surface area contributed by atoms with Crippen molar-refractivity contribution in [2.75, 3.05) is 6.26 Å². The molecule has 1 rings (SSSR count). The molecular weight excluding hydrogens is 230 g/mol. The summed E-state index contributed by atoms with van der Waals surface area (Å²) in [5.41, 5.74) is 1.19. The van der Waals surface area contributed by atoms with Crippen LogP contribution in [0.1, 0.15) is 6.92 Å². The van der Waals surface area contributed by atoms with Crippen molar-refractivity contribution in [2.24, 2.45) is 10.2 Å². The third-order valence-electron chi connectivity index (χ3n) is 1.67. The standard InChI is InChI=1S/C9H11N3OS2/c1-7(10-11-9(14)15-2)8-5-3-4-6-12(8)13/h3-6,13H,1-2H3/b8-7+,11-10?. The first-order valence-electron chi connectivity index (χ1n) is 4.18.